The zero-order valence-corrected chi connectivity index (χ0v) is 12.3. The third-order valence-corrected chi connectivity index (χ3v) is 3.61. The molecule has 2 aromatic rings. The van der Waals surface area contributed by atoms with Crippen molar-refractivity contribution in [2.75, 3.05) is 12.8 Å². The molecule has 0 fully saturated rings. The number of thioether (sulfide) groups is 1. The van der Waals surface area contributed by atoms with Crippen molar-refractivity contribution in [3.63, 3.8) is 0 Å². The summed E-state index contributed by atoms with van der Waals surface area (Å²) in [5.41, 5.74) is 2.48. The summed E-state index contributed by atoms with van der Waals surface area (Å²) >= 11 is 1.78. The van der Waals surface area contributed by atoms with Gasteiger partial charge in [-0.1, -0.05) is 0 Å². The van der Waals surface area contributed by atoms with E-state index in [1.54, 1.807) is 11.8 Å². The SMILES string of the molecule is CSCc1ccc(CNCCCc2cn[nH]c2C)o1. The Balaban J connectivity index is 1.62. The van der Waals surface area contributed by atoms with Crippen LogP contribution in [0.15, 0.2) is 22.7 Å². The van der Waals surface area contributed by atoms with E-state index in [0.29, 0.717) is 0 Å². The molecule has 0 spiro atoms. The van der Waals surface area contributed by atoms with E-state index in [0.717, 1.165) is 43.2 Å². The van der Waals surface area contributed by atoms with Crippen molar-refractivity contribution >= 4 is 11.8 Å². The standard InChI is InChI=1S/C14H21N3OS/c1-11-12(8-16-17-11)4-3-7-15-9-13-5-6-14(18-13)10-19-2/h5-6,8,15H,3-4,7,9-10H2,1-2H3,(H,16,17). The molecule has 0 saturated carbocycles. The molecule has 2 rings (SSSR count). The molecule has 5 heteroatoms. The van der Waals surface area contributed by atoms with Crippen molar-refractivity contribution in [3.8, 4) is 0 Å². The fourth-order valence-electron chi connectivity index (χ4n) is 1.98. The second kappa shape index (κ2) is 7.40. The van der Waals surface area contributed by atoms with Crippen molar-refractivity contribution in [3.05, 3.63) is 41.1 Å². The number of rotatable bonds is 8. The number of aromatic nitrogens is 2. The summed E-state index contributed by atoms with van der Waals surface area (Å²) in [5.74, 6) is 3.02. The van der Waals surface area contributed by atoms with Crippen LogP contribution in [0.2, 0.25) is 0 Å². The van der Waals surface area contributed by atoms with Gasteiger partial charge in [0.25, 0.3) is 0 Å². The van der Waals surface area contributed by atoms with Gasteiger partial charge in [0, 0.05) is 5.69 Å². The Morgan fingerprint density at radius 3 is 2.95 bits per heavy atom. The number of H-pyrrole nitrogens is 1. The summed E-state index contributed by atoms with van der Waals surface area (Å²) in [7, 11) is 0. The highest BCUT2D eigenvalue weighted by atomic mass is 32.2. The smallest absolute Gasteiger partial charge is 0.117 e. The van der Waals surface area contributed by atoms with Gasteiger partial charge in [-0.25, -0.2) is 0 Å². The first-order valence-electron chi connectivity index (χ1n) is 6.55. The van der Waals surface area contributed by atoms with Gasteiger partial charge >= 0.3 is 0 Å². The Morgan fingerprint density at radius 2 is 2.21 bits per heavy atom. The topological polar surface area (TPSA) is 53.9 Å². The molecule has 0 aliphatic carbocycles. The highest BCUT2D eigenvalue weighted by Crippen LogP contribution is 2.13. The first-order chi connectivity index (χ1) is 9.29. The Kier molecular flexibility index (Phi) is 5.54. The maximum Gasteiger partial charge on any atom is 0.117 e. The lowest BCUT2D eigenvalue weighted by molar-refractivity contribution is 0.458. The van der Waals surface area contributed by atoms with E-state index < -0.39 is 0 Å². The Hall–Kier alpha value is -1.20. The molecular weight excluding hydrogens is 258 g/mol. The Morgan fingerprint density at radius 1 is 1.37 bits per heavy atom. The van der Waals surface area contributed by atoms with Crippen LogP contribution in [0.1, 0.15) is 29.2 Å². The number of nitrogens with one attached hydrogen (secondary N) is 2. The predicted molar refractivity (Wildman–Crippen MR) is 79.3 cm³/mol. The molecule has 104 valence electrons. The summed E-state index contributed by atoms with van der Waals surface area (Å²) < 4.78 is 5.70. The quantitative estimate of drug-likeness (QED) is 0.730. The Labute approximate surface area is 118 Å². The first kappa shape index (κ1) is 14.2. The molecule has 0 saturated heterocycles. The number of nitrogens with zero attached hydrogens (tertiary/aromatic N) is 1. The molecule has 0 bridgehead atoms. The number of hydrogen-bond acceptors (Lipinski definition) is 4. The van der Waals surface area contributed by atoms with E-state index in [9.17, 15) is 0 Å². The third kappa shape index (κ3) is 4.44. The molecule has 2 aromatic heterocycles. The fraction of sp³-hybridized carbons (Fsp3) is 0.500. The minimum absolute atomic E-state index is 0.804. The van der Waals surface area contributed by atoms with Crippen LogP contribution in [-0.2, 0) is 18.7 Å². The molecule has 0 radical (unpaired) electrons. The summed E-state index contributed by atoms with van der Waals surface area (Å²) in [6.45, 7) is 3.85. The molecule has 4 nitrogen and oxygen atoms in total. The normalized spacial score (nSPS) is 11.1. The molecule has 0 unspecified atom stereocenters. The van der Waals surface area contributed by atoms with Gasteiger partial charge in [0.15, 0.2) is 0 Å². The number of furan rings is 1. The average molecular weight is 279 g/mol. The van der Waals surface area contributed by atoms with Gasteiger partial charge in [0.05, 0.1) is 18.5 Å². The van der Waals surface area contributed by atoms with E-state index in [1.807, 2.05) is 6.20 Å². The van der Waals surface area contributed by atoms with Gasteiger partial charge in [-0.15, -0.1) is 0 Å². The van der Waals surface area contributed by atoms with E-state index in [2.05, 4.69) is 40.8 Å². The van der Waals surface area contributed by atoms with Crippen molar-refractivity contribution in [1.82, 2.24) is 15.5 Å². The minimum atomic E-state index is 0.804. The van der Waals surface area contributed by atoms with Gasteiger partial charge in [-0.05, 0) is 50.3 Å². The van der Waals surface area contributed by atoms with Gasteiger partial charge < -0.3 is 9.73 Å². The van der Waals surface area contributed by atoms with Gasteiger partial charge in [-0.3, -0.25) is 5.10 Å². The largest absolute Gasteiger partial charge is 0.464 e. The molecule has 0 amide bonds. The fourth-order valence-corrected chi connectivity index (χ4v) is 2.42. The summed E-state index contributed by atoms with van der Waals surface area (Å²) in [6.07, 6.45) is 6.17. The van der Waals surface area contributed by atoms with Crippen LogP contribution in [-0.4, -0.2) is 23.0 Å². The predicted octanol–water partition coefficient (Wildman–Crippen LogP) is 2.90. The Bertz CT molecular complexity index is 492. The lowest BCUT2D eigenvalue weighted by Gasteiger charge is -2.02. The van der Waals surface area contributed by atoms with Crippen LogP contribution in [0, 0.1) is 6.92 Å². The molecule has 2 heterocycles. The third-order valence-electron chi connectivity index (χ3n) is 3.04. The lowest BCUT2D eigenvalue weighted by Crippen LogP contribution is -2.14. The molecular formula is C14H21N3OS. The second-order valence-corrected chi connectivity index (χ2v) is 5.47. The zero-order valence-electron chi connectivity index (χ0n) is 11.5. The van der Waals surface area contributed by atoms with E-state index in [4.69, 9.17) is 4.42 Å². The number of aromatic amines is 1. The second-order valence-electron chi connectivity index (χ2n) is 4.60. The number of aryl methyl sites for hydroxylation is 2. The van der Waals surface area contributed by atoms with Crippen molar-refractivity contribution in [2.24, 2.45) is 0 Å². The summed E-state index contributed by atoms with van der Waals surface area (Å²) in [4.78, 5) is 0. The number of hydrogen-bond donors (Lipinski definition) is 2. The molecule has 0 aliphatic rings. The van der Waals surface area contributed by atoms with Crippen LogP contribution >= 0.6 is 11.8 Å². The van der Waals surface area contributed by atoms with E-state index >= 15 is 0 Å². The monoisotopic (exact) mass is 279 g/mol. The van der Waals surface area contributed by atoms with Crippen LogP contribution in [0.25, 0.3) is 0 Å². The maximum atomic E-state index is 5.70. The first-order valence-corrected chi connectivity index (χ1v) is 7.95. The van der Waals surface area contributed by atoms with Crippen molar-refractivity contribution in [1.29, 1.82) is 0 Å². The van der Waals surface area contributed by atoms with Crippen LogP contribution in [0.4, 0.5) is 0 Å². The van der Waals surface area contributed by atoms with Gasteiger partial charge in [-0.2, -0.15) is 16.9 Å². The molecule has 19 heavy (non-hydrogen) atoms. The minimum Gasteiger partial charge on any atom is -0.464 e. The van der Waals surface area contributed by atoms with Gasteiger partial charge in [0.1, 0.15) is 11.5 Å². The van der Waals surface area contributed by atoms with Crippen LogP contribution in [0.5, 0.6) is 0 Å². The van der Waals surface area contributed by atoms with Crippen LogP contribution in [0.3, 0.4) is 0 Å². The lowest BCUT2D eigenvalue weighted by atomic mass is 10.1. The average Bonchev–Trinajstić information content (AvgIpc) is 3.00. The molecule has 0 aromatic carbocycles. The van der Waals surface area contributed by atoms with Crippen LogP contribution < -0.4 is 5.32 Å². The summed E-state index contributed by atoms with van der Waals surface area (Å²) in [6, 6.07) is 4.11. The molecule has 0 aliphatic heterocycles. The van der Waals surface area contributed by atoms with E-state index in [1.165, 1.54) is 11.3 Å². The molecule has 2 N–H and O–H groups in total. The van der Waals surface area contributed by atoms with Crippen molar-refractivity contribution < 1.29 is 4.42 Å². The summed E-state index contributed by atoms with van der Waals surface area (Å²) in [5, 5.41) is 10.4. The van der Waals surface area contributed by atoms with Gasteiger partial charge in [0.2, 0.25) is 0 Å². The maximum absolute atomic E-state index is 5.70. The highest BCUT2D eigenvalue weighted by molar-refractivity contribution is 7.97. The van der Waals surface area contributed by atoms with Crippen molar-refractivity contribution in [2.45, 2.75) is 32.1 Å². The zero-order chi connectivity index (χ0) is 13.5. The molecule has 0 atom stereocenters. The highest BCUT2D eigenvalue weighted by Gasteiger charge is 2.02. The van der Waals surface area contributed by atoms with E-state index in [-0.39, 0.29) is 0 Å².